The van der Waals surface area contributed by atoms with Gasteiger partial charge in [0.15, 0.2) is 0 Å². The molecule has 0 spiro atoms. The van der Waals surface area contributed by atoms with Gasteiger partial charge in [-0.15, -0.1) is 0 Å². The molecule has 8 heteroatoms. The fourth-order valence-electron chi connectivity index (χ4n) is 4.91. The van der Waals surface area contributed by atoms with Gasteiger partial charge in [0.25, 0.3) is 0 Å². The Morgan fingerprint density at radius 1 is 1.00 bits per heavy atom. The van der Waals surface area contributed by atoms with E-state index in [1.54, 1.807) is 15.8 Å². The van der Waals surface area contributed by atoms with Gasteiger partial charge in [0.1, 0.15) is 0 Å². The Kier molecular flexibility index (Phi) is 4.61. The van der Waals surface area contributed by atoms with Gasteiger partial charge >= 0.3 is 191 Å². The number of morpholine rings is 1. The quantitative estimate of drug-likeness (QED) is 0.510. The van der Waals surface area contributed by atoms with E-state index in [4.69, 9.17) is 4.74 Å². The van der Waals surface area contributed by atoms with E-state index >= 15 is 0 Å². The van der Waals surface area contributed by atoms with Crippen LogP contribution in [0.3, 0.4) is 0 Å². The summed E-state index contributed by atoms with van der Waals surface area (Å²) in [5.74, 6) is -0.851. The van der Waals surface area contributed by atoms with Crippen LogP contribution in [-0.4, -0.2) is 61.5 Å². The summed E-state index contributed by atoms with van der Waals surface area (Å²) in [5, 5.41) is 13.7. The number of carbonyl (C=O) groups excluding carboxylic acids is 1. The molecule has 2 aromatic carbocycles. The number of aromatic hydroxyl groups is 1. The third-order valence-corrected chi connectivity index (χ3v) is 8.77. The molecule has 1 saturated heterocycles. The van der Waals surface area contributed by atoms with Gasteiger partial charge in [0.05, 0.1) is 0 Å². The zero-order valence-electron chi connectivity index (χ0n) is 17.2. The zero-order chi connectivity index (χ0) is 21.8. The van der Waals surface area contributed by atoms with Crippen LogP contribution in [0.2, 0.25) is 0 Å². The van der Waals surface area contributed by atoms with Gasteiger partial charge in [-0.2, -0.15) is 0 Å². The molecule has 162 valence electrons. The number of carbonyl (C=O) groups is 1. The summed E-state index contributed by atoms with van der Waals surface area (Å²) in [7, 11) is 0. The first kappa shape index (κ1) is 19.6. The molecule has 0 radical (unpaired) electrons. The molecule has 0 saturated carbocycles. The second-order valence-electron chi connectivity index (χ2n) is 8.08. The molecule has 1 fully saturated rings. The average molecular weight is 494 g/mol. The Balaban J connectivity index is 1.66. The van der Waals surface area contributed by atoms with Crippen molar-refractivity contribution >= 4 is 25.3 Å². The van der Waals surface area contributed by atoms with Crippen LogP contribution in [0.4, 0.5) is 0 Å². The number of ether oxygens (including phenoxy) is 1. The van der Waals surface area contributed by atoms with Crippen molar-refractivity contribution in [3.05, 3.63) is 93.4 Å². The van der Waals surface area contributed by atoms with Crippen LogP contribution in [-0.2, 0) is 10.1 Å². The van der Waals surface area contributed by atoms with Gasteiger partial charge in [0.2, 0.25) is 0 Å². The molecule has 6 rings (SSSR count). The van der Waals surface area contributed by atoms with Crippen LogP contribution in [0.1, 0.15) is 33.2 Å². The van der Waals surface area contributed by atoms with E-state index in [-0.39, 0.29) is 38.8 Å². The SMILES string of the molecule is O=C1c2c(O)c(=O)ccn2N(C2c3ccccc3C[Se]c3ccccc32)C2COCCN12. The van der Waals surface area contributed by atoms with E-state index in [9.17, 15) is 14.7 Å². The van der Waals surface area contributed by atoms with Crippen molar-refractivity contribution in [2.75, 3.05) is 24.8 Å². The number of fused-ring (bicyclic) bond motifs is 4. The van der Waals surface area contributed by atoms with E-state index < -0.39 is 11.2 Å². The maximum atomic E-state index is 13.3. The van der Waals surface area contributed by atoms with Crippen LogP contribution in [0.25, 0.3) is 0 Å². The molecule has 1 N–H and O–H groups in total. The molecular formula is C24H21N3O4Se. The maximum absolute atomic E-state index is 13.3. The van der Waals surface area contributed by atoms with Crippen molar-refractivity contribution in [3.63, 3.8) is 0 Å². The number of benzene rings is 2. The summed E-state index contributed by atoms with van der Waals surface area (Å²) in [6, 6.07) is 18.0. The summed E-state index contributed by atoms with van der Waals surface area (Å²) >= 11 is 0.268. The first-order valence-electron chi connectivity index (χ1n) is 10.6. The number of amides is 1. The second kappa shape index (κ2) is 7.52. The summed E-state index contributed by atoms with van der Waals surface area (Å²) in [4.78, 5) is 27.3. The fourth-order valence-corrected chi connectivity index (χ4v) is 7.21. The summed E-state index contributed by atoms with van der Waals surface area (Å²) < 4.78 is 8.80. The van der Waals surface area contributed by atoms with Crippen LogP contribution in [0.5, 0.6) is 5.75 Å². The number of pyridine rings is 1. The molecule has 1 aromatic heterocycles. The molecule has 3 aliphatic rings. The van der Waals surface area contributed by atoms with Crippen LogP contribution in [0, 0.1) is 0 Å². The van der Waals surface area contributed by atoms with E-state index in [0.29, 0.717) is 19.8 Å². The topological polar surface area (TPSA) is 75.0 Å². The minimum atomic E-state index is -0.554. The molecule has 0 aliphatic carbocycles. The van der Waals surface area contributed by atoms with Crippen LogP contribution >= 0.6 is 0 Å². The predicted molar refractivity (Wildman–Crippen MR) is 120 cm³/mol. The molecular weight excluding hydrogens is 473 g/mol. The van der Waals surface area contributed by atoms with Crippen molar-refractivity contribution in [1.82, 2.24) is 9.58 Å². The van der Waals surface area contributed by atoms with Gasteiger partial charge < -0.3 is 0 Å². The number of nitrogens with zero attached hydrogens (tertiary/aromatic N) is 3. The number of hydrogen-bond acceptors (Lipinski definition) is 5. The molecule has 0 bridgehead atoms. The molecule has 7 nitrogen and oxygen atoms in total. The van der Waals surface area contributed by atoms with Gasteiger partial charge in [-0.3, -0.25) is 0 Å². The molecule has 4 heterocycles. The molecule has 3 aliphatic heterocycles. The normalized spacial score (nSPS) is 21.8. The standard InChI is InChI=1S/C24H21N3O4Se/c28-18-9-10-26-22(23(18)29)24(30)25-11-12-31-13-20(25)27(26)21-16-6-2-1-5-15(16)14-32-19-8-4-3-7-17(19)21/h1-10,20-21,29H,11-14H2. The molecule has 1 amide bonds. The van der Waals surface area contributed by atoms with Crippen LogP contribution < -0.4 is 14.9 Å². The zero-order valence-corrected chi connectivity index (χ0v) is 18.9. The van der Waals surface area contributed by atoms with Crippen molar-refractivity contribution in [1.29, 1.82) is 0 Å². The Morgan fingerprint density at radius 2 is 1.78 bits per heavy atom. The van der Waals surface area contributed by atoms with Crippen LogP contribution in [0.15, 0.2) is 65.6 Å². The second-order valence-corrected chi connectivity index (χ2v) is 10.2. The third-order valence-electron chi connectivity index (χ3n) is 6.39. The minimum absolute atomic E-state index is 0.0142. The Labute approximate surface area is 191 Å². The van der Waals surface area contributed by atoms with E-state index in [2.05, 4.69) is 41.4 Å². The monoisotopic (exact) mass is 495 g/mol. The summed E-state index contributed by atoms with van der Waals surface area (Å²) in [5.41, 5.74) is 3.09. The average Bonchev–Trinajstić information content (AvgIpc) is 2.99. The van der Waals surface area contributed by atoms with Gasteiger partial charge in [-0.25, -0.2) is 0 Å². The van der Waals surface area contributed by atoms with E-state index in [0.717, 1.165) is 5.32 Å². The van der Waals surface area contributed by atoms with Crippen molar-refractivity contribution in [2.24, 2.45) is 0 Å². The fraction of sp³-hybridized carbons (Fsp3) is 0.250. The summed E-state index contributed by atoms with van der Waals surface area (Å²) in [6.07, 6.45) is 1.24. The first-order chi connectivity index (χ1) is 15.6. The summed E-state index contributed by atoms with van der Waals surface area (Å²) in [6.45, 7) is 1.18. The Hall–Kier alpha value is -3.06. The number of aromatic nitrogens is 1. The first-order valence-corrected chi connectivity index (χ1v) is 12.6. The number of hydrogen-bond donors (Lipinski definition) is 1. The molecule has 3 aromatic rings. The molecule has 32 heavy (non-hydrogen) atoms. The van der Waals surface area contributed by atoms with Gasteiger partial charge in [-0.05, 0) is 0 Å². The van der Waals surface area contributed by atoms with Crippen molar-refractivity contribution in [2.45, 2.75) is 17.5 Å². The predicted octanol–water partition coefficient (Wildman–Crippen LogP) is 0.937. The Bertz CT molecular complexity index is 1240. The van der Waals surface area contributed by atoms with E-state index in [1.807, 2.05) is 12.1 Å². The Morgan fingerprint density at radius 3 is 2.66 bits per heavy atom. The number of rotatable bonds is 1. The van der Waals surface area contributed by atoms with Crippen molar-refractivity contribution in [3.8, 4) is 5.75 Å². The molecule has 2 atom stereocenters. The van der Waals surface area contributed by atoms with Gasteiger partial charge in [0, 0.05) is 0 Å². The molecule has 2 unspecified atom stereocenters. The van der Waals surface area contributed by atoms with Crippen molar-refractivity contribution < 1.29 is 14.6 Å². The van der Waals surface area contributed by atoms with Gasteiger partial charge in [-0.1, -0.05) is 0 Å². The van der Waals surface area contributed by atoms with E-state index in [1.165, 1.54) is 27.2 Å². The third kappa shape index (κ3) is 2.84.